The fraction of sp³-hybridized carbons (Fsp3) is 0.389. The lowest BCUT2D eigenvalue weighted by Gasteiger charge is -2.27. The first-order valence-corrected chi connectivity index (χ1v) is 9.55. The highest BCUT2D eigenvalue weighted by atomic mass is 35.5. The van der Waals surface area contributed by atoms with Gasteiger partial charge in [-0.1, -0.05) is 11.6 Å². The molecule has 8 heteroatoms. The molecule has 0 aromatic heterocycles. The van der Waals surface area contributed by atoms with Gasteiger partial charge in [-0.05, 0) is 55.3 Å². The Labute approximate surface area is 161 Å². The van der Waals surface area contributed by atoms with Crippen molar-refractivity contribution in [2.45, 2.75) is 19.3 Å². The Hall–Kier alpha value is -1.99. The Morgan fingerprint density at radius 1 is 1.27 bits per heavy atom. The zero-order chi connectivity index (χ0) is 18.7. The molecular weight excluding hydrogens is 376 g/mol. The van der Waals surface area contributed by atoms with E-state index in [4.69, 9.17) is 16.3 Å². The summed E-state index contributed by atoms with van der Waals surface area (Å²) in [7, 11) is 1.52. The number of ether oxygens (including phenoxy) is 1. The average molecular weight is 395 g/mol. The summed E-state index contributed by atoms with van der Waals surface area (Å²) in [5.74, 6) is -0.105. The van der Waals surface area contributed by atoms with Crippen molar-refractivity contribution in [1.29, 1.82) is 0 Å². The molecule has 26 heavy (non-hydrogen) atoms. The largest absolute Gasteiger partial charge is 0.496 e. The van der Waals surface area contributed by atoms with E-state index in [1.54, 1.807) is 29.2 Å². The van der Waals surface area contributed by atoms with Crippen LogP contribution in [0.25, 0.3) is 6.08 Å². The van der Waals surface area contributed by atoms with Crippen LogP contribution in [0, 0.1) is 0 Å². The Balaban J connectivity index is 1.76. The zero-order valence-electron chi connectivity index (χ0n) is 14.4. The monoisotopic (exact) mass is 394 g/mol. The number of carbonyl (C=O) groups excluding carboxylic acids is 3. The number of halogens is 1. The van der Waals surface area contributed by atoms with Gasteiger partial charge in [0.25, 0.3) is 11.1 Å². The maximum Gasteiger partial charge on any atom is 0.294 e. The number of rotatable bonds is 4. The molecule has 1 aromatic rings. The normalized spacial score (nSPS) is 19.4. The minimum absolute atomic E-state index is 0.186. The second-order valence-electron chi connectivity index (χ2n) is 6.10. The Kier molecular flexibility index (Phi) is 5.88. The molecule has 0 bridgehead atoms. The van der Waals surface area contributed by atoms with Gasteiger partial charge in [0.05, 0.1) is 12.0 Å². The van der Waals surface area contributed by atoms with Gasteiger partial charge in [0.1, 0.15) is 12.3 Å². The van der Waals surface area contributed by atoms with Crippen LogP contribution in [0.4, 0.5) is 4.79 Å². The maximum absolute atomic E-state index is 12.6. The highest BCUT2D eigenvalue weighted by molar-refractivity contribution is 8.18. The Bertz CT molecular complexity index is 774. The predicted molar refractivity (Wildman–Crippen MR) is 101 cm³/mol. The lowest BCUT2D eigenvalue weighted by atomic mass is 10.1. The van der Waals surface area contributed by atoms with E-state index in [2.05, 4.69) is 0 Å². The number of hydrogen-bond acceptors (Lipinski definition) is 5. The number of carbonyl (C=O) groups is 3. The molecule has 2 heterocycles. The molecule has 0 aliphatic carbocycles. The van der Waals surface area contributed by atoms with Gasteiger partial charge in [-0.3, -0.25) is 19.3 Å². The van der Waals surface area contributed by atoms with E-state index in [1.807, 2.05) is 0 Å². The third kappa shape index (κ3) is 4.04. The lowest BCUT2D eigenvalue weighted by Crippen LogP contribution is -2.44. The van der Waals surface area contributed by atoms with E-state index < -0.39 is 11.1 Å². The fourth-order valence-electron chi connectivity index (χ4n) is 2.97. The Morgan fingerprint density at radius 2 is 2.00 bits per heavy atom. The van der Waals surface area contributed by atoms with Gasteiger partial charge in [0.15, 0.2) is 0 Å². The van der Waals surface area contributed by atoms with Crippen molar-refractivity contribution >= 4 is 46.5 Å². The minimum atomic E-state index is -0.465. The van der Waals surface area contributed by atoms with Crippen LogP contribution in [0.15, 0.2) is 23.1 Å². The van der Waals surface area contributed by atoms with E-state index in [-0.39, 0.29) is 17.4 Å². The van der Waals surface area contributed by atoms with Crippen LogP contribution in [0.1, 0.15) is 24.8 Å². The summed E-state index contributed by atoms with van der Waals surface area (Å²) in [6, 6.07) is 5.03. The van der Waals surface area contributed by atoms with Crippen LogP contribution in [0.3, 0.4) is 0 Å². The molecule has 2 aliphatic rings. The number of nitrogens with zero attached hydrogens (tertiary/aromatic N) is 2. The van der Waals surface area contributed by atoms with Crippen LogP contribution in [-0.4, -0.2) is 53.6 Å². The number of thioether (sulfide) groups is 1. The van der Waals surface area contributed by atoms with Crippen molar-refractivity contribution in [2.75, 3.05) is 26.7 Å². The van der Waals surface area contributed by atoms with Crippen LogP contribution < -0.4 is 4.74 Å². The summed E-state index contributed by atoms with van der Waals surface area (Å²) >= 11 is 6.82. The van der Waals surface area contributed by atoms with Gasteiger partial charge < -0.3 is 9.64 Å². The van der Waals surface area contributed by atoms with Gasteiger partial charge in [-0.15, -0.1) is 0 Å². The molecule has 3 amide bonds. The van der Waals surface area contributed by atoms with E-state index in [0.717, 1.165) is 35.9 Å². The molecule has 138 valence electrons. The molecule has 1 aromatic carbocycles. The molecule has 0 atom stereocenters. The topological polar surface area (TPSA) is 66.9 Å². The molecule has 2 aliphatic heterocycles. The van der Waals surface area contributed by atoms with Crippen molar-refractivity contribution in [3.8, 4) is 5.75 Å². The van der Waals surface area contributed by atoms with Crippen molar-refractivity contribution in [3.63, 3.8) is 0 Å². The first-order valence-electron chi connectivity index (χ1n) is 8.36. The third-order valence-corrected chi connectivity index (χ3v) is 5.50. The molecule has 2 fully saturated rings. The van der Waals surface area contributed by atoms with E-state index in [9.17, 15) is 14.4 Å². The standard InChI is InChI=1S/C18H19ClN2O4S/c1-25-14-6-5-13(19)9-12(14)10-15-17(23)21(18(24)26-15)11-16(22)20-7-3-2-4-8-20/h5-6,9-10H,2-4,7-8,11H2,1H3/b15-10-. The summed E-state index contributed by atoms with van der Waals surface area (Å²) in [5, 5.41) is 0.0594. The number of methoxy groups -OCH3 is 1. The molecule has 3 rings (SSSR count). The summed E-state index contributed by atoms with van der Waals surface area (Å²) < 4.78 is 5.26. The van der Waals surface area contributed by atoms with E-state index >= 15 is 0 Å². The molecule has 0 N–H and O–H groups in total. The second-order valence-corrected chi connectivity index (χ2v) is 7.53. The fourth-order valence-corrected chi connectivity index (χ4v) is 3.98. The molecule has 0 spiro atoms. The van der Waals surface area contributed by atoms with Gasteiger partial charge >= 0.3 is 0 Å². The molecule has 0 unspecified atom stereocenters. The number of likely N-dealkylation sites (tertiary alicyclic amines) is 1. The maximum atomic E-state index is 12.6. The quantitative estimate of drug-likeness (QED) is 0.732. The van der Waals surface area contributed by atoms with Crippen molar-refractivity contribution in [3.05, 3.63) is 33.7 Å². The van der Waals surface area contributed by atoms with Crippen LogP contribution in [0.2, 0.25) is 5.02 Å². The van der Waals surface area contributed by atoms with Crippen LogP contribution in [0.5, 0.6) is 5.75 Å². The third-order valence-electron chi connectivity index (χ3n) is 4.35. The molecule has 0 radical (unpaired) electrons. The smallest absolute Gasteiger partial charge is 0.294 e. The molecule has 2 saturated heterocycles. The van der Waals surface area contributed by atoms with E-state index in [0.29, 0.717) is 29.4 Å². The predicted octanol–water partition coefficient (Wildman–Crippen LogP) is 3.40. The molecule has 6 nitrogen and oxygen atoms in total. The van der Waals surface area contributed by atoms with Gasteiger partial charge in [-0.2, -0.15) is 0 Å². The van der Waals surface area contributed by atoms with Crippen molar-refractivity contribution in [1.82, 2.24) is 9.80 Å². The first kappa shape index (κ1) is 18.8. The lowest BCUT2D eigenvalue weighted by molar-refractivity contribution is -0.136. The summed E-state index contributed by atoms with van der Waals surface area (Å²) in [4.78, 5) is 40.2. The first-order chi connectivity index (χ1) is 12.5. The number of benzene rings is 1. The summed E-state index contributed by atoms with van der Waals surface area (Å²) in [6.45, 7) is 1.16. The van der Waals surface area contributed by atoms with Gasteiger partial charge in [0.2, 0.25) is 5.91 Å². The number of piperidine rings is 1. The highest BCUT2D eigenvalue weighted by Gasteiger charge is 2.37. The SMILES string of the molecule is COc1ccc(Cl)cc1/C=C1\SC(=O)N(CC(=O)N2CCCCC2)C1=O. The number of hydrogen-bond donors (Lipinski definition) is 0. The second kappa shape index (κ2) is 8.14. The number of amides is 3. The van der Waals surface area contributed by atoms with E-state index in [1.165, 1.54) is 7.11 Å². The average Bonchev–Trinajstić information content (AvgIpc) is 2.90. The van der Waals surface area contributed by atoms with Crippen LogP contribution in [-0.2, 0) is 9.59 Å². The summed E-state index contributed by atoms with van der Waals surface area (Å²) in [6.07, 6.45) is 4.60. The summed E-state index contributed by atoms with van der Waals surface area (Å²) in [5.41, 5.74) is 0.604. The van der Waals surface area contributed by atoms with Crippen molar-refractivity contribution in [2.24, 2.45) is 0 Å². The van der Waals surface area contributed by atoms with Gasteiger partial charge in [0, 0.05) is 23.7 Å². The highest BCUT2D eigenvalue weighted by Crippen LogP contribution is 2.34. The minimum Gasteiger partial charge on any atom is -0.496 e. The number of imide groups is 1. The zero-order valence-corrected chi connectivity index (χ0v) is 15.9. The van der Waals surface area contributed by atoms with Crippen molar-refractivity contribution < 1.29 is 19.1 Å². The van der Waals surface area contributed by atoms with Gasteiger partial charge in [-0.25, -0.2) is 0 Å². The molecular formula is C18H19ClN2O4S. The van der Waals surface area contributed by atoms with Crippen LogP contribution >= 0.6 is 23.4 Å². The Morgan fingerprint density at radius 3 is 2.69 bits per heavy atom. The molecule has 0 saturated carbocycles.